The Hall–Kier alpha value is -2.36. The van der Waals surface area contributed by atoms with Crippen molar-refractivity contribution in [1.29, 1.82) is 0 Å². The summed E-state index contributed by atoms with van der Waals surface area (Å²) in [6, 6.07) is 7.89. The number of rotatable bonds is 1. The lowest BCUT2D eigenvalue weighted by Crippen LogP contribution is -2.02. The first kappa shape index (κ1) is 10.6. The summed E-state index contributed by atoms with van der Waals surface area (Å²) in [5.41, 5.74) is 10.0. The zero-order valence-corrected chi connectivity index (χ0v) is 10.4. The first-order chi connectivity index (χ1) is 9.33. The molecule has 4 heteroatoms. The van der Waals surface area contributed by atoms with Crippen LogP contribution in [-0.2, 0) is 12.8 Å². The van der Waals surface area contributed by atoms with E-state index in [2.05, 4.69) is 9.97 Å². The molecule has 4 rings (SSSR count). The zero-order valence-electron chi connectivity index (χ0n) is 10.4. The summed E-state index contributed by atoms with van der Waals surface area (Å²) in [6.45, 7) is 0. The summed E-state index contributed by atoms with van der Waals surface area (Å²) in [7, 11) is 0. The second-order valence-electron chi connectivity index (χ2n) is 4.86. The number of nitrogen functional groups attached to an aromatic ring is 1. The molecule has 3 aromatic rings. The molecule has 0 saturated heterocycles. The molecule has 94 valence electrons. The fourth-order valence-corrected chi connectivity index (χ4v) is 2.73. The summed E-state index contributed by atoms with van der Waals surface area (Å²) in [5.74, 6) is 1.28. The average Bonchev–Trinajstić information content (AvgIpc) is 3.04. The zero-order chi connectivity index (χ0) is 12.8. The van der Waals surface area contributed by atoms with Crippen LogP contribution < -0.4 is 5.73 Å². The van der Waals surface area contributed by atoms with Gasteiger partial charge in [0, 0.05) is 16.6 Å². The molecule has 2 heterocycles. The molecule has 1 aliphatic rings. The van der Waals surface area contributed by atoms with Crippen molar-refractivity contribution in [1.82, 2.24) is 9.97 Å². The van der Waals surface area contributed by atoms with Gasteiger partial charge in [-0.05, 0) is 25.3 Å². The van der Waals surface area contributed by atoms with E-state index in [9.17, 15) is 0 Å². The lowest BCUT2D eigenvalue weighted by molar-refractivity contribution is 0.616. The molecule has 4 nitrogen and oxygen atoms in total. The van der Waals surface area contributed by atoms with Crippen molar-refractivity contribution in [2.45, 2.75) is 19.3 Å². The Balaban J connectivity index is 1.95. The molecule has 2 N–H and O–H groups in total. The smallest absolute Gasteiger partial charge is 0.165 e. The molecule has 0 unspecified atom stereocenters. The third-order valence-electron chi connectivity index (χ3n) is 3.69. The van der Waals surface area contributed by atoms with Crippen molar-refractivity contribution in [3.8, 4) is 11.4 Å². The molecule has 0 aliphatic heterocycles. The Morgan fingerprint density at radius 3 is 2.95 bits per heavy atom. The molecule has 0 radical (unpaired) electrons. The Morgan fingerprint density at radius 1 is 1.11 bits per heavy atom. The Morgan fingerprint density at radius 2 is 2.00 bits per heavy atom. The van der Waals surface area contributed by atoms with Gasteiger partial charge in [0.25, 0.3) is 0 Å². The summed E-state index contributed by atoms with van der Waals surface area (Å²) < 4.78 is 5.54. The lowest BCUT2D eigenvalue weighted by Gasteiger charge is -2.05. The van der Waals surface area contributed by atoms with Crippen molar-refractivity contribution in [3.63, 3.8) is 0 Å². The monoisotopic (exact) mass is 251 g/mol. The number of para-hydroxylation sites is 1. The van der Waals surface area contributed by atoms with Gasteiger partial charge in [0.05, 0.1) is 5.56 Å². The van der Waals surface area contributed by atoms with Crippen molar-refractivity contribution in [2.24, 2.45) is 0 Å². The maximum absolute atomic E-state index is 6.04. The minimum absolute atomic E-state index is 0.614. The van der Waals surface area contributed by atoms with Crippen molar-refractivity contribution in [2.75, 3.05) is 5.73 Å². The summed E-state index contributed by atoms with van der Waals surface area (Å²) in [4.78, 5) is 9.10. The highest BCUT2D eigenvalue weighted by molar-refractivity contribution is 5.92. The Kier molecular flexibility index (Phi) is 2.12. The van der Waals surface area contributed by atoms with Gasteiger partial charge < -0.3 is 10.2 Å². The Bertz CT molecular complexity index is 776. The normalized spacial score (nSPS) is 13.9. The van der Waals surface area contributed by atoms with E-state index in [1.54, 1.807) is 6.26 Å². The van der Waals surface area contributed by atoms with Crippen LogP contribution in [-0.4, -0.2) is 9.97 Å². The van der Waals surface area contributed by atoms with E-state index in [1.165, 1.54) is 0 Å². The van der Waals surface area contributed by atoms with Crippen LogP contribution in [0.15, 0.2) is 34.9 Å². The Labute approximate surface area is 110 Å². The molecule has 1 aromatic carbocycles. The molecule has 0 amide bonds. The number of nitrogens with two attached hydrogens (primary N) is 1. The second kappa shape index (κ2) is 3.82. The number of benzene rings is 1. The number of hydrogen-bond acceptors (Lipinski definition) is 4. The van der Waals surface area contributed by atoms with E-state index in [4.69, 9.17) is 10.2 Å². The van der Waals surface area contributed by atoms with E-state index >= 15 is 0 Å². The third kappa shape index (κ3) is 1.53. The molecule has 0 saturated carbocycles. The third-order valence-corrected chi connectivity index (χ3v) is 3.69. The predicted octanol–water partition coefficient (Wildman–Crippen LogP) is 2.96. The molecule has 0 spiro atoms. The highest BCUT2D eigenvalue weighted by atomic mass is 16.3. The highest BCUT2D eigenvalue weighted by Gasteiger charge is 2.19. The van der Waals surface area contributed by atoms with Gasteiger partial charge in [0.1, 0.15) is 17.7 Å². The molecule has 19 heavy (non-hydrogen) atoms. The van der Waals surface area contributed by atoms with Crippen LogP contribution in [0.1, 0.15) is 17.7 Å². The number of aryl methyl sites for hydroxylation is 1. The van der Waals surface area contributed by atoms with Gasteiger partial charge in [-0.1, -0.05) is 18.2 Å². The van der Waals surface area contributed by atoms with Gasteiger partial charge in [0.2, 0.25) is 0 Å². The minimum Gasteiger partial charge on any atom is -0.464 e. The molecule has 2 aromatic heterocycles. The van der Waals surface area contributed by atoms with Gasteiger partial charge in [-0.25, -0.2) is 9.97 Å². The van der Waals surface area contributed by atoms with Gasteiger partial charge in [0.15, 0.2) is 5.82 Å². The number of anilines is 1. The van der Waals surface area contributed by atoms with Gasteiger partial charge in [-0.3, -0.25) is 0 Å². The van der Waals surface area contributed by atoms with Crippen molar-refractivity contribution < 1.29 is 4.42 Å². The molecular formula is C15H13N3O. The van der Waals surface area contributed by atoms with Gasteiger partial charge >= 0.3 is 0 Å². The largest absolute Gasteiger partial charge is 0.464 e. The van der Waals surface area contributed by atoms with Crippen LogP contribution in [0.4, 0.5) is 5.82 Å². The summed E-state index contributed by atoms with van der Waals surface area (Å²) in [6.07, 6.45) is 4.81. The molecular weight excluding hydrogens is 238 g/mol. The standard InChI is InChI=1S/C15H13N3O/c16-14-10-5-3-6-12(10)17-15(18-14)11-8-19-13-7-2-1-4-9(11)13/h1-2,4,7-8H,3,5-6H2,(H2,16,17,18). The van der Waals surface area contributed by atoms with Crippen LogP contribution in [0.3, 0.4) is 0 Å². The van der Waals surface area contributed by atoms with E-state index in [-0.39, 0.29) is 0 Å². The van der Waals surface area contributed by atoms with Crippen LogP contribution in [0, 0.1) is 0 Å². The van der Waals surface area contributed by atoms with E-state index in [0.717, 1.165) is 47.1 Å². The SMILES string of the molecule is Nc1nc(-c2coc3ccccc23)nc2c1CCC2. The quantitative estimate of drug-likeness (QED) is 0.722. The predicted molar refractivity (Wildman–Crippen MR) is 73.7 cm³/mol. The van der Waals surface area contributed by atoms with Crippen molar-refractivity contribution in [3.05, 3.63) is 41.8 Å². The highest BCUT2D eigenvalue weighted by Crippen LogP contribution is 2.31. The summed E-state index contributed by atoms with van der Waals surface area (Å²) in [5, 5.41) is 1.03. The first-order valence-corrected chi connectivity index (χ1v) is 6.45. The van der Waals surface area contributed by atoms with Crippen LogP contribution in [0.2, 0.25) is 0 Å². The average molecular weight is 251 g/mol. The maximum atomic E-state index is 6.04. The fourth-order valence-electron chi connectivity index (χ4n) is 2.73. The number of nitrogens with zero attached hydrogens (tertiary/aromatic N) is 2. The number of fused-ring (bicyclic) bond motifs is 2. The first-order valence-electron chi connectivity index (χ1n) is 6.45. The van der Waals surface area contributed by atoms with E-state index in [0.29, 0.717) is 11.6 Å². The fraction of sp³-hybridized carbons (Fsp3) is 0.200. The van der Waals surface area contributed by atoms with Crippen LogP contribution in [0.25, 0.3) is 22.4 Å². The lowest BCUT2D eigenvalue weighted by atomic mass is 10.1. The molecule has 0 atom stereocenters. The second-order valence-corrected chi connectivity index (χ2v) is 4.86. The number of aromatic nitrogens is 2. The topological polar surface area (TPSA) is 64.9 Å². The molecule has 0 bridgehead atoms. The molecule has 1 aliphatic carbocycles. The van der Waals surface area contributed by atoms with E-state index < -0.39 is 0 Å². The molecule has 0 fully saturated rings. The number of hydrogen-bond donors (Lipinski definition) is 1. The summed E-state index contributed by atoms with van der Waals surface area (Å²) >= 11 is 0. The number of furan rings is 1. The van der Waals surface area contributed by atoms with Gasteiger partial charge in [-0.15, -0.1) is 0 Å². The minimum atomic E-state index is 0.614. The maximum Gasteiger partial charge on any atom is 0.165 e. The van der Waals surface area contributed by atoms with E-state index in [1.807, 2.05) is 24.3 Å². The van der Waals surface area contributed by atoms with Crippen LogP contribution >= 0.6 is 0 Å². The van der Waals surface area contributed by atoms with Crippen molar-refractivity contribution >= 4 is 16.8 Å². The van der Waals surface area contributed by atoms with Crippen LogP contribution in [0.5, 0.6) is 0 Å². The van der Waals surface area contributed by atoms with Gasteiger partial charge in [-0.2, -0.15) is 0 Å².